The smallest absolute Gasteiger partial charge is 0.219 e. The molecule has 2 aromatic rings. The standard InChI is InChI=1S/C22H26N4O/c1-15-5-4-6-18(13-15)17-7-9-19(10-8-17)25-22(23)20-14-26(16(2)27)12-11-21(20)24-3/h4-10,13,24H,11-12,14H2,1-3H3,(H2,23,25). The van der Waals surface area contributed by atoms with E-state index in [0.717, 1.165) is 28.9 Å². The van der Waals surface area contributed by atoms with Crippen LogP contribution in [-0.2, 0) is 4.79 Å². The van der Waals surface area contributed by atoms with Gasteiger partial charge in [0.15, 0.2) is 0 Å². The predicted molar refractivity (Wildman–Crippen MR) is 111 cm³/mol. The highest BCUT2D eigenvalue weighted by Gasteiger charge is 2.22. The molecule has 27 heavy (non-hydrogen) atoms. The Kier molecular flexibility index (Phi) is 5.60. The molecular formula is C22H26N4O. The third-order valence-corrected chi connectivity index (χ3v) is 4.87. The number of rotatable bonds is 4. The first-order chi connectivity index (χ1) is 13.0. The molecule has 1 aliphatic rings. The van der Waals surface area contributed by atoms with E-state index in [1.165, 1.54) is 11.1 Å². The number of amidine groups is 1. The van der Waals surface area contributed by atoms with E-state index >= 15 is 0 Å². The first-order valence-electron chi connectivity index (χ1n) is 9.15. The number of carbonyl (C=O) groups is 1. The third-order valence-electron chi connectivity index (χ3n) is 4.87. The number of nitrogens with zero attached hydrogens (tertiary/aromatic N) is 2. The van der Waals surface area contributed by atoms with Crippen molar-refractivity contribution in [2.45, 2.75) is 20.3 Å². The van der Waals surface area contributed by atoms with Crippen LogP contribution in [0.1, 0.15) is 18.9 Å². The first kappa shape index (κ1) is 18.7. The number of amides is 1. The minimum atomic E-state index is 0.0537. The highest BCUT2D eigenvalue weighted by Crippen LogP contribution is 2.24. The SMILES string of the molecule is CNC1=C(C(N)=Nc2ccc(-c3cccc(C)c3)cc2)CN(C(C)=O)CC1. The molecule has 140 valence electrons. The molecule has 1 heterocycles. The maximum Gasteiger partial charge on any atom is 0.219 e. The normalized spacial score (nSPS) is 15.1. The van der Waals surface area contributed by atoms with Gasteiger partial charge in [-0.05, 0) is 30.2 Å². The Morgan fingerprint density at radius 2 is 1.89 bits per heavy atom. The van der Waals surface area contributed by atoms with Gasteiger partial charge in [0.1, 0.15) is 5.84 Å². The molecule has 0 unspecified atom stereocenters. The molecule has 3 rings (SSSR count). The van der Waals surface area contributed by atoms with Crippen LogP contribution in [0.3, 0.4) is 0 Å². The van der Waals surface area contributed by atoms with Crippen molar-refractivity contribution in [2.24, 2.45) is 10.7 Å². The summed E-state index contributed by atoms with van der Waals surface area (Å²) in [6.07, 6.45) is 0.758. The molecule has 3 N–H and O–H groups in total. The Morgan fingerprint density at radius 1 is 1.15 bits per heavy atom. The van der Waals surface area contributed by atoms with Gasteiger partial charge in [-0.1, -0.05) is 42.0 Å². The second-order valence-corrected chi connectivity index (χ2v) is 6.81. The van der Waals surface area contributed by atoms with Crippen molar-refractivity contribution in [3.05, 3.63) is 65.4 Å². The number of aryl methyl sites for hydroxylation is 1. The molecule has 0 fully saturated rings. The van der Waals surface area contributed by atoms with E-state index in [4.69, 9.17) is 5.73 Å². The van der Waals surface area contributed by atoms with Gasteiger partial charge >= 0.3 is 0 Å². The van der Waals surface area contributed by atoms with Gasteiger partial charge in [0, 0.05) is 38.2 Å². The van der Waals surface area contributed by atoms with Crippen LogP contribution < -0.4 is 11.1 Å². The summed E-state index contributed by atoms with van der Waals surface area (Å²) >= 11 is 0. The topological polar surface area (TPSA) is 70.7 Å². The minimum Gasteiger partial charge on any atom is -0.391 e. The van der Waals surface area contributed by atoms with E-state index in [9.17, 15) is 4.79 Å². The van der Waals surface area contributed by atoms with Crippen LogP contribution in [0.2, 0.25) is 0 Å². The van der Waals surface area contributed by atoms with Gasteiger partial charge in [0.2, 0.25) is 5.91 Å². The summed E-state index contributed by atoms with van der Waals surface area (Å²) in [5.74, 6) is 0.506. The van der Waals surface area contributed by atoms with Crippen molar-refractivity contribution in [3.63, 3.8) is 0 Å². The fourth-order valence-corrected chi connectivity index (χ4v) is 3.30. The fourth-order valence-electron chi connectivity index (χ4n) is 3.30. The van der Waals surface area contributed by atoms with Crippen LogP contribution in [0.5, 0.6) is 0 Å². The zero-order valence-corrected chi connectivity index (χ0v) is 16.1. The summed E-state index contributed by atoms with van der Waals surface area (Å²) in [4.78, 5) is 18.1. The maximum atomic E-state index is 11.7. The number of carbonyl (C=O) groups excluding carboxylic acids is 1. The molecule has 5 nitrogen and oxygen atoms in total. The van der Waals surface area contributed by atoms with Crippen LogP contribution in [-0.4, -0.2) is 36.8 Å². The van der Waals surface area contributed by atoms with E-state index in [2.05, 4.69) is 53.6 Å². The minimum absolute atomic E-state index is 0.0537. The zero-order valence-electron chi connectivity index (χ0n) is 16.1. The first-order valence-corrected chi connectivity index (χ1v) is 9.15. The van der Waals surface area contributed by atoms with Gasteiger partial charge in [-0.15, -0.1) is 0 Å². The maximum absolute atomic E-state index is 11.7. The van der Waals surface area contributed by atoms with Crippen molar-refractivity contribution >= 4 is 17.4 Å². The Labute approximate surface area is 160 Å². The quantitative estimate of drug-likeness (QED) is 0.647. The monoisotopic (exact) mass is 362 g/mol. The predicted octanol–water partition coefficient (Wildman–Crippen LogP) is 3.38. The van der Waals surface area contributed by atoms with Crippen LogP contribution in [0.15, 0.2) is 64.8 Å². The van der Waals surface area contributed by atoms with Crippen molar-refractivity contribution < 1.29 is 4.79 Å². The lowest BCUT2D eigenvalue weighted by atomic mass is 10.0. The number of nitrogens with one attached hydrogen (secondary N) is 1. The molecular weight excluding hydrogens is 336 g/mol. The van der Waals surface area contributed by atoms with E-state index < -0.39 is 0 Å². The molecule has 0 radical (unpaired) electrons. The van der Waals surface area contributed by atoms with Gasteiger partial charge in [-0.25, -0.2) is 4.99 Å². The van der Waals surface area contributed by atoms with Crippen molar-refractivity contribution in [2.75, 3.05) is 20.1 Å². The third kappa shape index (κ3) is 4.37. The van der Waals surface area contributed by atoms with E-state index in [1.807, 2.05) is 19.2 Å². The van der Waals surface area contributed by atoms with Crippen molar-refractivity contribution in [1.82, 2.24) is 10.2 Å². The van der Waals surface area contributed by atoms with Crippen molar-refractivity contribution in [1.29, 1.82) is 0 Å². The van der Waals surface area contributed by atoms with Crippen LogP contribution >= 0.6 is 0 Å². The number of nitrogens with two attached hydrogens (primary N) is 1. The molecule has 0 spiro atoms. The fraction of sp³-hybridized carbons (Fsp3) is 0.273. The summed E-state index contributed by atoms with van der Waals surface area (Å²) in [5.41, 5.74) is 12.6. The molecule has 1 aliphatic heterocycles. The van der Waals surface area contributed by atoms with Gasteiger partial charge < -0.3 is 16.0 Å². The summed E-state index contributed by atoms with van der Waals surface area (Å²) in [7, 11) is 1.88. The molecule has 5 heteroatoms. The average Bonchev–Trinajstić information content (AvgIpc) is 2.68. The lowest BCUT2D eigenvalue weighted by molar-refractivity contribution is -0.128. The number of hydrogen-bond donors (Lipinski definition) is 2. The summed E-state index contributed by atoms with van der Waals surface area (Å²) < 4.78 is 0. The Balaban J connectivity index is 1.84. The molecule has 0 saturated heterocycles. The van der Waals surface area contributed by atoms with Gasteiger partial charge in [0.25, 0.3) is 0 Å². The van der Waals surface area contributed by atoms with Gasteiger partial charge in [-0.2, -0.15) is 0 Å². The van der Waals surface area contributed by atoms with E-state index in [1.54, 1.807) is 11.8 Å². The highest BCUT2D eigenvalue weighted by atomic mass is 16.2. The summed E-state index contributed by atoms with van der Waals surface area (Å²) in [5, 5.41) is 3.20. The Morgan fingerprint density at radius 3 is 2.52 bits per heavy atom. The Bertz CT molecular complexity index is 897. The molecule has 2 aromatic carbocycles. The molecule has 0 bridgehead atoms. The molecule has 0 atom stereocenters. The van der Waals surface area contributed by atoms with E-state index in [-0.39, 0.29) is 5.91 Å². The molecule has 0 aromatic heterocycles. The van der Waals surface area contributed by atoms with Gasteiger partial charge in [0.05, 0.1) is 12.2 Å². The number of aliphatic imine (C=N–C) groups is 1. The second-order valence-electron chi connectivity index (χ2n) is 6.81. The molecule has 0 saturated carbocycles. The molecule has 0 aliphatic carbocycles. The van der Waals surface area contributed by atoms with Crippen LogP contribution in [0.25, 0.3) is 11.1 Å². The zero-order chi connectivity index (χ0) is 19.4. The second kappa shape index (κ2) is 8.08. The highest BCUT2D eigenvalue weighted by molar-refractivity contribution is 6.00. The lowest BCUT2D eigenvalue weighted by Crippen LogP contribution is -2.40. The van der Waals surface area contributed by atoms with Crippen LogP contribution in [0, 0.1) is 6.92 Å². The van der Waals surface area contributed by atoms with E-state index in [0.29, 0.717) is 18.9 Å². The molecule has 1 amide bonds. The van der Waals surface area contributed by atoms with Crippen molar-refractivity contribution in [3.8, 4) is 11.1 Å². The average molecular weight is 362 g/mol. The number of benzene rings is 2. The lowest BCUT2D eigenvalue weighted by Gasteiger charge is -2.29. The Hall–Kier alpha value is -3.08. The largest absolute Gasteiger partial charge is 0.391 e. The summed E-state index contributed by atoms with van der Waals surface area (Å²) in [6.45, 7) is 4.86. The van der Waals surface area contributed by atoms with Gasteiger partial charge in [-0.3, -0.25) is 4.79 Å². The number of hydrogen-bond acceptors (Lipinski definition) is 3. The summed E-state index contributed by atoms with van der Waals surface area (Å²) in [6, 6.07) is 16.4. The van der Waals surface area contributed by atoms with Crippen LogP contribution in [0.4, 0.5) is 5.69 Å².